The minimum absolute atomic E-state index is 0.198. The average molecular weight is 416 g/mol. The van der Waals surface area contributed by atoms with Crippen LogP contribution in [0.4, 0.5) is 11.4 Å². The third-order valence-corrected chi connectivity index (χ3v) is 5.11. The molecule has 156 valence electrons. The highest BCUT2D eigenvalue weighted by atomic mass is 16.5. The Labute approximate surface area is 179 Å². The molecule has 1 aliphatic heterocycles. The van der Waals surface area contributed by atoms with E-state index in [0.29, 0.717) is 22.9 Å². The molecule has 7 nitrogen and oxygen atoms in total. The van der Waals surface area contributed by atoms with Crippen LogP contribution < -0.4 is 19.7 Å². The van der Waals surface area contributed by atoms with Gasteiger partial charge in [0.15, 0.2) is 0 Å². The van der Waals surface area contributed by atoms with Crippen LogP contribution in [0.1, 0.15) is 36.6 Å². The number of nitrogens with zero attached hydrogens (tertiary/aromatic N) is 1. The molecule has 4 rings (SSSR count). The van der Waals surface area contributed by atoms with Crippen LogP contribution >= 0.6 is 0 Å². The molecule has 0 unspecified atom stereocenters. The Morgan fingerprint density at radius 2 is 1.48 bits per heavy atom. The first-order valence-electron chi connectivity index (χ1n) is 9.56. The van der Waals surface area contributed by atoms with Gasteiger partial charge in [-0.2, -0.15) is 0 Å². The lowest BCUT2D eigenvalue weighted by atomic mass is 10.1. The normalized spacial score (nSPS) is 12.5. The van der Waals surface area contributed by atoms with Gasteiger partial charge in [-0.05, 0) is 36.8 Å². The molecule has 1 N–H and O–H groups in total. The molecule has 1 aliphatic rings. The SMILES string of the molecule is COc1cc(NC(=O)c2ccc3c(c2)C(=O)N(c2ccccc2C)C3=O)cc(OC)c1. The van der Waals surface area contributed by atoms with Crippen LogP contribution in [0.2, 0.25) is 0 Å². The molecule has 0 saturated heterocycles. The van der Waals surface area contributed by atoms with Gasteiger partial charge in [-0.3, -0.25) is 14.4 Å². The van der Waals surface area contributed by atoms with Crippen LogP contribution in [-0.4, -0.2) is 31.9 Å². The summed E-state index contributed by atoms with van der Waals surface area (Å²) >= 11 is 0. The molecule has 0 radical (unpaired) electrons. The number of benzene rings is 3. The van der Waals surface area contributed by atoms with Crippen molar-refractivity contribution < 1.29 is 23.9 Å². The molecule has 3 aromatic rings. The lowest BCUT2D eigenvalue weighted by molar-refractivity contribution is 0.0925. The Kier molecular flexibility index (Phi) is 5.17. The van der Waals surface area contributed by atoms with Gasteiger partial charge in [0, 0.05) is 29.4 Å². The fourth-order valence-corrected chi connectivity index (χ4v) is 3.50. The molecule has 31 heavy (non-hydrogen) atoms. The molecular formula is C24H20N2O5. The van der Waals surface area contributed by atoms with Crippen LogP contribution in [0.3, 0.4) is 0 Å². The molecule has 0 saturated carbocycles. The van der Waals surface area contributed by atoms with Gasteiger partial charge in [-0.25, -0.2) is 4.90 Å². The molecule has 3 aromatic carbocycles. The van der Waals surface area contributed by atoms with Crippen molar-refractivity contribution in [2.75, 3.05) is 24.4 Å². The summed E-state index contributed by atoms with van der Waals surface area (Å²) in [7, 11) is 3.04. The molecule has 0 atom stereocenters. The molecule has 0 aliphatic carbocycles. The van der Waals surface area contributed by atoms with Gasteiger partial charge in [-0.1, -0.05) is 18.2 Å². The Balaban J connectivity index is 1.63. The number of hydrogen-bond acceptors (Lipinski definition) is 5. The number of amides is 3. The van der Waals surface area contributed by atoms with Gasteiger partial charge >= 0.3 is 0 Å². The van der Waals surface area contributed by atoms with Crippen molar-refractivity contribution in [1.29, 1.82) is 0 Å². The second-order valence-corrected chi connectivity index (χ2v) is 7.05. The van der Waals surface area contributed by atoms with Crippen LogP contribution in [0.5, 0.6) is 11.5 Å². The molecule has 1 heterocycles. The number of aryl methyl sites for hydroxylation is 1. The molecule has 7 heteroatoms. The minimum Gasteiger partial charge on any atom is -0.497 e. The van der Waals surface area contributed by atoms with Crippen LogP contribution in [0.15, 0.2) is 60.7 Å². The zero-order valence-electron chi connectivity index (χ0n) is 17.3. The number of anilines is 2. The van der Waals surface area contributed by atoms with E-state index in [0.717, 1.165) is 10.5 Å². The number of methoxy groups -OCH3 is 2. The Hall–Kier alpha value is -4.13. The zero-order valence-corrected chi connectivity index (χ0v) is 17.3. The fourth-order valence-electron chi connectivity index (χ4n) is 3.50. The summed E-state index contributed by atoms with van der Waals surface area (Å²) in [5, 5.41) is 2.77. The molecule has 0 fully saturated rings. The monoisotopic (exact) mass is 416 g/mol. The highest BCUT2D eigenvalue weighted by Crippen LogP contribution is 2.31. The molecular weight excluding hydrogens is 396 g/mol. The second-order valence-electron chi connectivity index (χ2n) is 7.05. The van der Waals surface area contributed by atoms with E-state index in [1.54, 1.807) is 30.3 Å². The predicted molar refractivity (Wildman–Crippen MR) is 116 cm³/mol. The number of ether oxygens (including phenoxy) is 2. The molecule has 0 aromatic heterocycles. The first-order valence-corrected chi connectivity index (χ1v) is 9.56. The van der Waals surface area contributed by atoms with Crippen molar-refractivity contribution in [2.24, 2.45) is 0 Å². The van der Waals surface area contributed by atoms with E-state index in [1.807, 2.05) is 19.1 Å². The lowest BCUT2D eigenvalue weighted by Crippen LogP contribution is -2.29. The van der Waals surface area contributed by atoms with Crippen molar-refractivity contribution in [3.05, 3.63) is 82.9 Å². The van der Waals surface area contributed by atoms with E-state index in [1.165, 1.54) is 32.4 Å². The van der Waals surface area contributed by atoms with E-state index in [4.69, 9.17) is 9.47 Å². The summed E-state index contributed by atoms with van der Waals surface area (Å²) in [6.07, 6.45) is 0. The van der Waals surface area contributed by atoms with E-state index >= 15 is 0 Å². The first-order chi connectivity index (χ1) is 14.9. The topological polar surface area (TPSA) is 84.9 Å². The summed E-state index contributed by atoms with van der Waals surface area (Å²) < 4.78 is 10.4. The number of hydrogen-bond donors (Lipinski definition) is 1. The number of para-hydroxylation sites is 1. The van der Waals surface area contributed by atoms with Gasteiger partial charge in [-0.15, -0.1) is 0 Å². The Morgan fingerprint density at radius 3 is 2.13 bits per heavy atom. The summed E-state index contributed by atoms with van der Waals surface area (Å²) in [5.41, 5.74) is 2.54. The highest BCUT2D eigenvalue weighted by Gasteiger charge is 2.37. The molecule has 3 amide bonds. The van der Waals surface area contributed by atoms with Crippen molar-refractivity contribution in [3.8, 4) is 11.5 Å². The number of fused-ring (bicyclic) bond motifs is 1. The summed E-state index contributed by atoms with van der Waals surface area (Å²) in [5.74, 6) is -0.227. The van der Waals surface area contributed by atoms with Crippen molar-refractivity contribution in [3.63, 3.8) is 0 Å². The largest absolute Gasteiger partial charge is 0.497 e. The van der Waals surface area contributed by atoms with Gasteiger partial charge in [0.05, 0.1) is 31.0 Å². The maximum atomic E-state index is 13.0. The standard InChI is InChI=1S/C24H20N2O5/c1-14-6-4-5-7-21(14)26-23(28)19-9-8-15(10-20(19)24(26)29)22(27)25-16-11-17(30-2)13-18(12-16)31-3/h4-13H,1-3H3,(H,25,27). The minimum atomic E-state index is -0.452. The van der Waals surface area contributed by atoms with E-state index in [9.17, 15) is 14.4 Å². The fraction of sp³-hybridized carbons (Fsp3) is 0.125. The smallest absolute Gasteiger partial charge is 0.266 e. The molecule has 0 bridgehead atoms. The number of rotatable bonds is 5. The van der Waals surface area contributed by atoms with Gasteiger partial charge < -0.3 is 14.8 Å². The number of carbonyl (C=O) groups is 3. The van der Waals surface area contributed by atoms with Gasteiger partial charge in [0.2, 0.25) is 0 Å². The summed E-state index contributed by atoms with van der Waals surface area (Å²) in [6, 6.07) is 16.6. The highest BCUT2D eigenvalue weighted by molar-refractivity contribution is 6.35. The third kappa shape index (κ3) is 3.61. The third-order valence-electron chi connectivity index (χ3n) is 5.11. The van der Waals surface area contributed by atoms with E-state index in [-0.39, 0.29) is 16.7 Å². The quantitative estimate of drug-likeness (QED) is 0.634. The Bertz CT molecular complexity index is 1200. The number of imide groups is 1. The van der Waals surface area contributed by atoms with E-state index < -0.39 is 17.7 Å². The maximum absolute atomic E-state index is 13.0. The number of nitrogens with one attached hydrogen (secondary N) is 1. The van der Waals surface area contributed by atoms with Gasteiger partial charge in [0.1, 0.15) is 11.5 Å². The predicted octanol–water partition coefficient (Wildman–Crippen LogP) is 4.07. The maximum Gasteiger partial charge on any atom is 0.266 e. The van der Waals surface area contributed by atoms with Crippen LogP contribution in [0.25, 0.3) is 0 Å². The Morgan fingerprint density at radius 1 is 0.839 bits per heavy atom. The summed E-state index contributed by atoms with van der Waals surface area (Å²) in [6.45, 7) is 1.83. The number of carbonyl (C=O) groups excluding carboxylic acids is 3. The lowest BCUT2D eigenvalue weighted by Gasteiger charge is -2.16. The summed E-state index contributed by atoms with van der Waals surface area (Å²) in [4.78, 5) is 39.8. The second kappa shape index (κ2) is 7.95. The average Bonchev–Trinajstić information content (AvgIpc) is 3.03. The van der Waals surface area contributed by atoms with Crippen LogP contribution in [0, 0.1) is 6.92 Å². The first kappa shape index (κ1) is 20.2. The zero-order chi connectivity index (χ0) is 22.1. The molecule has 0 spiro atoms. The van der Waals surface area contributed by atoms with Crippen LogP contribution in [-0.2, 0) is 0 Å². The van der Waals surface area contributed by atoms with Gasteiger partial charge in [0.25, 0.3) is 17.7 Å². The van der Waals surface area contributed by atoms with Crippen molar-refractivity contribution in [2.45, 2.75) is 6.92 Å². The van der Waals surface area contributed by atoms with E-state index in [2.05, 4.69) is 5.32 Å². The van der Waals surface area contributed by atoms with Crippen molar-refractivity contribution >= 4 is 29.1 Å². The van der Waals surface area contributed by atoms with Crippen molar-refractivity contribution in [1.82, 2.24) is 0 Å².